The Morgan fingerprint density at radius 2 is 1.21 bits per heavy atom. The first-order chi connectivity index (χ1) is 15.6. The van der Waals surface area contributed by atoms with Gasteiger partial charge in [-0.2, -0.15) is 17.6 Å². The lowest BCUT2D eigenvalue weighted by atomic mass is 10.1. The fourth-order valence-electron chi connectivity index (χ4n) is 3.20. The van der Waals surface area contributed by atoms with E-state index < -0.39 is 40.7 Å². The second kappa shape index (κ2) is 9.77. The van der Waals surface area contributed by atoms with E-state index in [0.29, 0.717) is 6.42 Å². The van der Waals surface area contributed by atoms with Crippen molar-refractivity contribution >= 4 is 0 Å². The molecule has 0 bridgehead atoms. The molecule has 2 nitrogen and oxygen atoms in total. The van der Waals surface area contributed by atoms with Crippen LogP contribution in [0.2, 0.25) is 0 Å². The summed E-state index contributed by atoms with van der Waals surface area (Å²) >= 11 is 0. The highest BCUT2D eigenvalue weighted by Gasteiger charge is 2.40. The van der Waals surface area contributed by atoms with E-state index in [0.717, 1.165) is 48.4 Å². The van der Waals surface area contributed by atoms with Crippen LogP contribution in [0.5, 0.6) is 11.5 Å². The molecular weight excluding hydrogens is 446 g/mol. The molecule has 33 heavy (non-hydrogen) atoms. The maximum Gasteiger partial charge on any atom is 0.429 e. The van der Waals surface area contributed by atoms with E-state index in [1.54, 1.807) is 19.1 Å². The van der Waals surface area contributed by atoms with Gasteiger partial charge in [0, 0.05) is 0 Å². The zero-order chi connectivity index (χ0) is 24.2. The molecule has 3 aromatic rings. The van der Waals surface area contributed by atoms with Crippen molar-refractivity contribution in [1.29, 1.82) is 0 Å². The first-order valence-corrected chi connectivity index (χ1v) is 10.4. The smallest absolute Gasteiger partial charge is 0.429 e. The third kappa shape index (κ3) is 5.61. The quantitative estimate of drug-likeness (QED) is 0.299. The van der Waals surface area contributed by atoms with Gasteiger partial charge in [0.05, 0.1) is 5.56 Å². The number of hydrogen-bond acceptors (Lipinski definition) is 2. The molecule has 0 spiro atoms. The van der Waals surface area contributed by atoms with Crippen molar-refractivity contribution < 1.29 is 35.8 Å². The summed E-state index contributed by atoms with van der Waals surface area (Å²) in [6.45, 7) is 3.66. The fraction of sp³-hybridized carbons (Fsp3) is 0.280. The van der Waals surface area contributed by atoms with Gasteiger partial charge >= 0.3 is 12.2 Å². The highest BCUT2D eigenvalue weighted by molar-refractivity contribution is 5.34. The molecule has 0 atom stereocenters. The van der Waals surface area contributed by atoms with Gasteiger partial charge in [-0.25, -0.2) is 8.78 Å². The predicted molar refractivity (Wildman–Crippen MR) is 112 cm³/mol. The Balaban J connectivity index is 1.76. The average Bonchev–Trinajstić information content (AvgIpc) is 2.77. The lowest BCUT2D eigenvalue weighted by Gasteiger charge is -2.21. The average molecular weight is 468 g/mol. The van der Waals surface area contributed by atoms with Crippen molar-refractivity contribution in [3.63, 3.8) is 0 Å². The van der Waals surface area contributed by atoms with Gasteiger partial charge in [0.2, 0.25) is 0 Å². The minimum atomic E-state index is -4.22. The molecule has 0 unspecified atom stereocenters. The highest BCUT2D eigenvalue weighted by Crippen LogP contribution is 2.37. The summed E-state index contributed by atoms with van der Waals surface area (Å²) in [5.41, 5.74) is -0.957. The Hall–Kier alpha value is -3.16. The molecule has 0 heterocycles. The van der Waals surface area contributed by atoms with E-state index in [9.17, 15) is 26.3 Å². The Morgan fingerprint density at radius 3 is 1.76 bits per heavy atom. The Kier molecular flexibility index (Phi) is 7.25. The van der Waals surface area contributed by atoms with Crippen molar-refractivity contribution in [2.75, 3.05) is 0 Å². The minimum Gasteiger partial charge on any atom is -0.429 e. The molecule has 0 N–H and O–H groups in total. The predicted octanol–water partition coefficient (Wildman–Crippen LogP) is 7.74. The number of rotatable bonds is 9. The van der Waals surface area contributed by atoms with Gasteiger partial charge in [0.15, 0.2) is 11.6 Å². The maximum atomic E-state index is 14.5. The van der Waals surface area contributed by atoms with E-state index >= 15 is 0 Å². The second-order valence-corrected chi connectivity index (χ2v) is 7.41. The van der Waals surface area contributed by atoms with Gasteiger partial charge in [-0.3, -0.25) is 0 Å². The van der Waals surface area contributed by atoms with Crippen molar-refractivity contribution in [3.05, 3.63) is 94.6 Å². The molecule has 176 valence electrons. The summed E-state index contributed by atoms with van der Waals surface area (Å²) < 4.78 is 95.4. The van der Waals surface area contributed by atoms with Crippen LogP contribution in [0.25, 0.3) is 0 Å². The van der Waals surface area contributed by atoms with Crippen molar-refractivity contribution in [1.82, 2.24) is 0 Å². The zero-order valence-electron chi connectivity index (χ0n) is 18.0. The summed E-state index contributed by atoms with van der Waals surface area (Å²) in [5, 5.41) is 0. The van der Waals surface area contributed by atoms with Gasteiger partial charge in [0.25, 0.3) is 0 Å². The molecule has 0 aliphatic carbocycles. The molecule has 0 aliphatic rings. The Bertz CT molecular complexity index is 1080. The standard InChI is InChI=1S/C25H22F6O2/c1-3-5-17-8-15-21(23(27)22(17)26)25(30,31)33-20-13-9-18(10-14-20)24(28,29)32-19-11-6-16(4-2)7-12-19/h6-15H,3-5H2,1-2H3. The lowest BCUT2D eigenvalue weighted by molar-refractivity contribution is -0.188. The van der Waals surface area contributed by atoms with Gasteiger partial charge in [-0.1, -0.05) is 38.5 Å². The molecular formula is C25H22F6O2. The largest absolute Gasteiger partial charge is 0.429 e. The van der Waals surface area contributed by atoms with Crippen molar-refractivity contribution in [2.45, 2.75) is 45.3 Å². The molecule has 8 heteroatoms. The molecule has 0 saturated heterocycles. The molecule has 0 aromatic heterocycles. The van der Waals surface area contributed by atoms with E-state index in [1.807, 2.05) is 6.92 Å². The second-order valence-electron chi connectivity index (χ2n) is 7.41. The molecule has 0 amide bonds. The van der Waals surface area contributed by atoms with Gasteiger partial charge in [-0.15, -0.1) is 0 Å². The number of ether oxygens (including phenoxy) is 2. The fourth-order valence-corrected chi connectivity index (χ4v) is 3.20. The Morgan fingerprint density at radius 1 is 0.667 bits per heavy atom. The third-order valence-electron chi connectivity index (χ3n) is 5.01. The van der Waals surface area contributed by atoms with E-state index in [1.165, 1.54) is 12.1 Å². The number of halogens is 6. The van der Waals surface area contributed by atoms with Crippen LogP contribution in [0.4, 0.5) is 26.3 Å². The highest BCUT2D eigenvalue weighted by atomic mass is 19.3. The number of aryl methyl sites for hydroxylation is 2. The van der Waals surface area contributed by atoms with E-state index in [4.69, 9.17) is 4.74 Å². The monoisotopic (exact) mass is 468 g/mol. The number of benzene rings is 3. The SMILES string of the molecule is CCCc1ccc(C(F)(F)Oc2ccc(C(F)(F)Oc3ccc(CC)cc3)cc2)c(F)c1F. The zero-order valence-corrected chi connectivity index (χ0v) is 18.0. The molecule has 0 radical (unpaired) electrons. The maximum absolute atomic E-state index is 14.5. The van der Waals surface area contributed by atoms with E-state index in [2.05, 4.69) is 4.74 Å². The van der Waals surface area contributed by atoms with Crippen LogP contribution < -0.4 is 9.47 Å². The summed E-state index contributed by atoms with van der Waals surface area (Å²) in [4.78, 5) is 0. The molecule has 0 saturated carbocycles. The van der Waals surface area contributed by atoms with Crippen LogP contribution >= 0.6 is 0 Å². The van der Waals surface area contributed by atoms with Crippen LogP contribution in [0.1, 0.15) is 42.5 Å². The van der Waals surface area contributed by atoms with Crippen LogP contribution in [0.15, 0.2) is 60.7 Å². The summed E-state index contributed by atoms with van der Waals surface area (Å²) in [6.07, 6.45) is -6.53. The summed E-state index contributed by atoms with van der Waals surface area (Å²) in [7, 11) is 0. The minimum absolute atomic E-state index is 0.0227. The first-order valence-electron chi connectivity index (χ1n) is 10.4. The third-order valence-corrected chi connectivity index (χ3v) is 5.01. The molecule has 0 aliphatic heterocycles. The van der Waals surface area contributed by atoms with Gasteiger partial charge in [-0.05, 0) is 66.4 Å². The van der Waals surface area contributed by atoms with Crippen LogP contribution in [-0.4, -0.2) is 0 Å². The summed E-state index contributed by atoms with van der Waals surface area (Å²) in [6, 6.07) is 11.4. The molecule has 3 rings (SSSR count). The topological polar surface area (TPSA) is 18.5 Å². The lowest BCUT2D eigenvalue weighted by Crippen LogP contribution is -2.25. The number of alkyl halides is 4. The van der Waals surface area contributed by atoms with Crippen LogP contribution in [-0.2, 0) is 25.1 Å². The first kappa shape index (κ1) is 24.5. The van der Waals surface area contributed by atoms with Crippen molar-refractivity contribution in [3.8, 4) is 11.5 Å². The molecule has 0 fully saturated rings. The Labute approximate surface area is 187 Å². The van der Waals surface area contributed by atoms with Gasteiger partial charge < -0.3 is 9.47 Å². The van der Waals surface area contributed by atoms with Gasteiger partial charge in [0.1, 0.15) is 17.1 Å². The van der Waals surface area contributed by atoms with Crippen LogP contribution in [0.3, 0.4) is 0 Å². The molecule has 3 aromatic carbocycles. The summed E-state index contributed by atoms with van der Waals surface area (Å²) in [5.74, 6) is -3.65. The van der Waals surface area contributed by atoms with Crippen LogP contribution in [0, 0.1) is 11.6 Å². The van der Waals surface area contributed by atoms with Crippen molar-refractivity contribution in [2.24, 2.45) is 0 Å². The number of hydrogen-bond donors (Lipinski definition) is 0. The normalized spacial score (nSPS) is 12.0. The van der Waals surface area contributed by atoms with E-state index in [-0.39, 0.29) is 17.7 Å².